The SMILES string of the molecule is O=C(NCCc1csc2nc(-c3ccccc3F)nn12)c1cc(Br)ccc1Cl. The number of nitrogens with zero attached hydrogens (tertiary/aromatic N) is 3. The molecular formula is C19H13BrClFN4OS. The molecule has 0 aliphatic heterocycles. The predicted molar refractivity (Wildman–Crippen MR) is 111 cm³/mol. The lowest BCUT2D eigenvalue weighted by Crippen LogP contribution is -2.26. The molecule has 28 heavy (non-hydrogen) atoms. The molecular weight excluding hydrogens is 467 g/mol. The maximum absolute atomic E-state index is 14.0. The second kappa shape index (κ2) is 7.98. The first-order valence-electron chi connectivity index (χ1n) is 8.34. The minimum Gasteiger partial charge on any atom is -0.352 e. The molecule has 0 bridgehead atoms. The molecule has 0 spiro atoms. The minimum atomic E-state index is -0.361. The summed E-state index contributed by atoms with van der Waals surface area (Å²) >= 11 is 10.8. The summed E-state index contributed by atoms with van der Waals surface area (Å²) in [7, 11) is 0. The molecule has 2 aromatic heterocycles. The van der Waals surface area contributed by atoms with Gasteiger partial charge in [-0.25, -0.2) is 8.91 Å². The Hall–Kier alpha value is -2.29. The van der Waals surface area contributed by atoms with Crippen LogP contribution in [0.15, 0.2) is 52.3 Å². The van der Waals surface area contributed by atoms with E-state index in [0.29, 0.717) is 39.9 Å². The predicted octanol–water partition coefficient (Wildman–Crippen LogP) is 4.99. The van der Waals surface area contributed by atoms with Crippen molar-refractivity contribution in [2.45, 2.75) is 6.42 Å². The highest BCUT2D eigenvalue weighted by Crippen LogP contribution is 2.23. The zero-order valence-corrected chi connectivity index (χ0v) is 17.5. The Balaban J connectivity index is 1.48. The van der Waals surface area contributed by atoms with Crippen LogP contribution in [-0.2, 0) is 6.42 Å². The second-order valence-electron chi connectivity index (χ2n) is 5.97. The fourth-order valence-electron chi connectivity index (χ4n) is 2.72. The Bertz CT molecular complexity index is 1180. The van der Waals surface area contributed by atoms with Crippen molar-refractivity contribution in [3.63, 3.8) is 0 Å². The molecule has 4 rings (SSSR count). The van der Waals surface area contributed by atoms with E-state index in [1.54, 1.807) is 40.9 Å². The Morgan fingerprint density at radius 3 is 2.93 bits per heavy atom. The molecule has 0 fully saturated rings. The molecule has 2 aromatic carbocycles. The molecule has 5 nitrogen and oxygen atoms in total. The Kier molecular flexibility index (Phi) is 5.43. The summed E-state index contributed by atoms with van der Waals surface area (Å²) in [6, 6.07) is 11.5. The van der Waals surface area contributed by atoms with Crippen LogP contribution in [0.4, 0.5) is 4.39 Å². The molecule has 0 atom stereocenters. The number of amides is 1. The van der Waals surface area contributed by atoms with Gasteiger partial charge in [0, 0.05) is 22.8 Å². The molecule has 4 aromatic rings. The molecule has 1 amide bonds. The summed E-state index contributed by atoms with van der Waals surface area (Å²) in [6.07, 6.45) is 0.553. The van der Waals surface area contributed by atoms with Gasteiger partial charge < -0.3 is 5.32 Å². The molecule has 142 valence electrons. The molecule has 0 saturated heterocycles. The van der Waals surface area contributed by atoms with Gasteiger partial charge in [-0.3, -0.25) is 4.79 Å². The van der Waals surface area contributed by atoms with Crippen LogP contribution >= 0.6 is 38.9 Å². The van der Waals surface area contributed by atoms with E-state index in [9.17, 15) is 9.18 Å². The van der Waals surface area contributed by atoms with E-state index >= 15 is 0 Å². The number of carbonyl (C=O) groups is 1. The topological polar surface area (TPSA) is 59.3 Å². The third-order valence-corrected chi connectivity index (χ3v) is 5.79. The van der Waals surface area contributed by atoms with Crippen molar-refractivity contribution < 1.29 is 9.18 Å². The van der Waals surface area contributed by atoms with Crippen molar-refractivity contribution in [2.75, 3.05) is 6.54 Å². The van der Waals surface area contributed by atoms with Gasteiger partial charge in [-0.1, -0.05) is 39.7 Å². The van der Waals surface area contributed by atoms with Crippen molar-refractivity contribution in [3.05, 3.63) is 74.4 Å². The largest absolute Gasteiger partial charge is 0.352 e. The maximum atomic E-state index is 14.0. The van der Waals surface area contributed by atoms with Crippen molar-refractivity contribution in [1.82, 2.24) is 19.9 Å². The van der Waals surface area contributed by atoms with E-state index in [0.717, 1.165) is 10.2 Å². The lowest BCUT2D eigenvalue weighted by molar-refractivity contribution is 0.0954. The van der Waals surface area contributed by atoms with Crippen LogP contribution in [0, 0.1) is 5.82 Å². The summed E-state index contributed by atoms with van der Waals surface area (Å²) in [5.74, 6) is -0.264. The van der Waals surface area contributed by atoms with Crippen LogP contribution in [0.2, 0.25) is 5.02 Å². The molecule has 2 heterocycles. The van der Waals surface area contributed by atoms with Crippen LogP contribution < -0.4 is 5.32 Å². The summed E-state index contributed by atoms with van der Waals surface area (Å²) < 4.78 is 16.4. The standard InChI is InChI=1S/C19H13BrClFN4OS/c20-11-5-6-15(21)14(9-11)18(27)23-8-7-12-10-28-19-24-17(25-26(12)19)13-3-1-2-4-16(13)22/h1-6,9-10H,7-8H2,(H,23,27). The number of carbonyl (C=O) groups excluding carboxylic acids is 1. The van der Waals surface area contributed by atoms with Gasteiger partial charge in [0.15, 0.2) is 5.82 Å². The van der Waals surface area contributed by atoms with E-state index < -0.39 is 0 Å². The maximum Gasteiger partial charge on any atom is 0.252 e. The van der Waals surface area contributed by atoms with Crippen LogP contribution in [-0.4, -0.2) is 27.0 Å². The first-order chi connectivity index (χ1) is 13.5. The van der Waals surface area contributed by atoms with Crippen LogP contribution in [0.5, 0.6) is 0 Å². The molecule has 0 aliphatic carbocycles. The van der Waals surface area contributed by atoms with Crippen molar-refractivity contribution in [3.8, 4) is 11.4 Å². The van der Waals surface area contributed by atoms with Crippen LogP contribution in [0.25, 0.3) is 16.3 Å². The molecule has 0 aliphatic rings. The van der Waals surface area contributed by atoms with Crippen LogP contribution in [0.1, 0.15) is 16.1 Å². The van der Waals surface area contributed by atoms with E-state index in [1.807, 2.05) is 5.38 Å². The quantitative estimate of drug-likeness (QED) is 0.439. The van der Waals surface area contributed by atoms with E-state index in [2.05, 4.69) is 31.3 Å². The Morgan fingerprint density at radius 2 is 2.11 bits per heavy atom. The highest BCUT2D eigenvalue weighted by atomic mass is 79.9. The van der Waals surface area contributed by atoms with Gasteiger partial charge in [0.2, 0.25) is 4.96 Å². The number of halogens is 3. The zero-order valence-electron chi connectivity index (χ0n) is 14.3. The molecule has 1 N–H and O–H groups in total. The fourth-order valence-corrected chi connectivity index (χ4v) is 4.14. The third-order valence-electron chi connectivity index (χ3n) is 4.10. The minimum absolute atomic E-state index is 0.247. The highest BCUT2D eigenvalue weighted by Gasteiger charge is 2.15. The zero-order chi connectivity index (χ0) is 19.7. The number of benzene rings is 2. The lowest BCUT2D eigenvalue weighted by atomic mass is 10.2. The number of aromatic nitrogens is 3. The van der Waals surface area contributed by atoms with E-state index in [4.69, 9.17) is 11.6 Å². The van der Waals surface area contributed by atoms with Gasteiger partial charge in [0.25, 0.3) is 5.91 Å². The molecule has 0 radical (unpaired) electrons. The van der Waals surface area contributed by atoms with Crippen molar-refractivity contribution in [2.24, 2.45) is 0 Å². The summed E-state index contributed by atoms with van der Waals surface area (Å²) in [4.78, 5) is 17.4. The van der Waals surface area contributed by atoms with Gasteiger partial charge in [0.05, 0.1) is 21.8 Å². The number of hydrogen-bond acceptors (Lipinski definition) is 4. The molecule has 0 unspecified atom stereocenters. The average Bonchev–Trinajstić information content (AvgIpc) is 3.25. The highest BCUT2D eigenvalue weighted by molar-refractivity contribution is 9.10. The van der Waals surface area contributed by atoms with Gasteiger partial charge >= 0.3 is 0 Å². The second-order valence-corrected chi connectivity index (χ2v) is 8.13. The number of nitrogens with one attached hydrogen (secondary N) is 1. The first-order valence-corrected chi connectivity index (χ1v) is 10.4. The molecule has 9 heteroatoms. The number of hydrogen-bond donors (Lipinski definition) is 1. The number of rotatable bonds is 5. The fraction of sp³-hybridized carbons (Fsp3) is 0.105. The lowest BCUT2D eigenvalue weighted by Gasteiger charge is -2.07. The van der Waals surface area contributed by atoms with E-state index in [1.165, 1.54) is 17.4 Å². The summed E-state index contributed by atoms with van der Waals surface area (Å²) in [6.45, 7) is 0.405. The van der Waals surface area contributed by atoms with Gasteiger partial charge in [0.1, 0.15) is 5.82 Å². The average molecular weight is 480 g/mol. The van der Waals surface area contributed by atoms with Crippen molar-refractivity contribution in [1.29, 1.82) is 0 Å². The number of fused-ring (bicyclic) bond motifs is 1. The smallest absolute Gasteiger partial charge is 0.252 e. The normalized spacial score (nSPS) is 11.1. The summed E-state index contributed by atoms with van der Waals surface area (Å²) in [5.41, 5.74) is 1.66. The van der Waals surface area contributed by atoms with E-state index in [-0.39, 0.29) is 11.7 Å². The van der Waals surface area contributed by atoms with Gasteiger partial charge in [-0.2, -0.15) is 4.98 Å². The third kappa shape index (κ3) is 3.80. The van der Waals surface area contributed by atoms with Gasteiger partial charge in [-0.15, -0.1) is 16.4 Å². The number of thiazole rings is 1. The summed E-state index contributed by atoms with van der Waals surface area (Å²) in [5, 5.41) is 9.60. The Morgan fingerprint density at radius 1 is 1.29 bits per heavy atom. The first kappa shape index (κ1) is 19.0. The van der Waals surface area contributed by atoms with Crippen molar-refractivity contribution >= 4 is 49.7 Å². The monoisotopic (exact) mass is 478 g/mol. The van der Waals surface area contributed by atoms with Crippen LogP contribution in [0.3, 0.4) is 0 Å². The Labute approximate surface area is 177 Å². The molecule has 0 saturated carbocycles. The van der Waals surface area contributed by atoms with Gasteiger partial charge in [-0.05, 0) is 30.3 Å².